The Labute approximate surface area is 130 Å². The molecule has 0 radical (unpaired) electrons. The minimum atomic E-state index is 0.295. The van der Waals surface area contributed by atoms with Gasteiger partial charge < -0.3 is 15.4 Å². The van der Waals surface area contributed by atoms with Crippen LogP contribution in [0.2, 0.25) is 0 Å². The van der Waals surface area contributed by atoms with Gasteiger partial charge in [0, 0.05) is 26.1 Å². The summed E-state index contributed by atoms with van der Waals surface area (Å²) in [6, 6.07) is 0. The van der Waals surface area contributed by atoms with Crippen molar-refractivity contribution < 1.29 is 9.53 Å². The fraction of sp³-hybridized carbons (Fsp3) is 0.941. The van der Waals surface area contributed by atoms with Gasteiger partial charge in [0.1, 0.15) is 0 Å². The SMILES string of the molecule is CC(CC(=O)N1CCC(OCCCN)CC1)CC(C)(C)C. The lowest BCUT2D eigenvalue weighted by atomic mass is 9.84. The first kappa shape index (κ1) is 18.4. The molecule has 1 saturated heterocycles. The number of nitrogens with zero attached hydrogens (tertiary/aromatic N) is 1. The second kappa shape index (κ2) is 8.74. The molecular weight excluding hydrogens is 264 g/mol. The maximum Gasteiger partial charge on any atom is 0.222 e. The number of piperidine rings is 1. The van der Waals surface area contributed by atoms with Gasteiger partial charge in [-0.25, -0.2) is 0 Å². The van der Waals surface area contributed by atoms with Crippen LogP contribution in [0.3, 0.4) is 0 Å². The molecule has 1 fully saturated rings. The van der Waals surface area contributed by atoms with Crippen LogP contribution in [0.4, 0.5) is 0 Å². The Bertz CT molecular complexity index is 304. The lowest BCUT2D eigenvalue weighted by molar-refractivity contribution is -0.134. The van der Waals surface area contributed by atoms with Crippen LogP contribution >= 0.6 is 0 Å². The van der Waals surface area contributed by atoms with E-state index in [4.69, 9.17) is 10.5 Å². The molecule has 124 valence electrons. The highest BCUT2D eigenvalue weighted by Gasteiger charge is 2.25. The van der Waals surface area contributed by atoms with Crippen molar-refractivity contribution in [2.45, 2.75) is 65.9 Å². The highest BCUT2D eigenvalue weighted by molar-refractivity contribution is 5.76. The van der Waals surface area contributed by atoms with Gasteiger partial charge in [-0.05, 0) is 43.6 Å². The molecule has 1 atom stereocenters. The molecule has 0 aromatic carbocycles. The molecular formula is C17H34N2O2. The zero-order valence-electron chi connectivity index (χ0n) is 14.4. The van der Waals surface area contributed by atoms with Gasteiger partial charge in [-0.2, -0.15) is 0 Å². The van der Waals surface area contributed by atoms with Gasteiger partial charge in [0.15, 0.2) is 0 Å². The monoisotopic (exact) mass is 298 g/mol. The predicted octanol–water partition coefficient (Wildman–Crippen LogP) is 2.81. The van der Waals surface area contributed by atoms with Crippen LogP contribution in [0.5, 0.6) is 0 Å². The molecule has 0 saturated carbocycles. The van der Waals surface area contributed by atoms with Crippen molar-refractivity contribution in [1.29, 1.82) is 0 Å². The van der Waals surface area contributed by atoms with Gasteiger partial charge in [0.2, 0.25) is 5.91 Å². The van der Waals surface area contributed by atoms with Gasteiger partial charge in [0.25, 0.3) is 0 Å². The molecule has 0 spiro atoms. The average Bonchev–Trinajstić information content (AvgIpc) is 2.37. The third kappa shape index (κ3) is 7.82. The van der Waals surface area contributed by atoms with Crippen LogP contribution < -0.4 is 5.73 Å². The Kier molecular flexibility index (Phi) is 7.67. The summed E-state index contributed by atoms with van der Waals surface area (Å²) in [6.07, 6.45) is 4.93. The number of likely N-dealkylation sites (tertiary alicyclic amines) is 1. The third-order valence-electron chi connectivity index (χ3n) is 3.98. The first-order valence-corrected chi connectivity index (χ1v) is 8.41. The van der Waals surface area contributed by atoms with E-state index in [-0.39, 0.29) is 0 Å². The second-order valence-electron chi connectivity index (χ2n) is 7.67. The smallest absolute Gasteiger partial charge is 0.222 e. The summed E-state index contributed by atoms with van der Waals surface area (Å²) < 4.78 is 5.78. The number of ether oxygens (including phenoxy) is 1. The van der Waals surface area contributed by atoms with E-state index in [1.807, 2.05) is 4.90 Å². The van der Waals surface area contributed by atoms with Crippen molar-refractivity contribution in [2.75, 3.05) is 26.2 Å². The summed E-state index contributed by atoms with van der Waals surface area (Å²) in [5.41, 5.74) is 5.76. The molecule has 0 bridgehead atoms. The summed E-state index contributed by atoms with van der Waals surface area (Å²) in [6.45, 7) is 12.0. The van der Waals surface area contributed by atoms with E-state index in [1.54, 1.807) is 0 Å². The topological polar surface area (TPSA) is 55.6 Å². The third-order valence-corrected chi connectivity index (χ3v) is 3.98. The molecule has 4 heteroatoms. The van der Waals surface area contributed by atoms with Crippen LogP contribution in [0.1, 0.15) is 59.8 Å². The fourth-order valence-electron chi connectivity index (χ4n) is 3.15. The molecule has 1 amide bonds. The Morgan fingerprint density at radius 3 is 2.48 bits per heavy atom. The normalized spacial score (nSPS) is 18.8. The van der Waals surface area contributed by atoms with Crippen LogP contribution in [0.15, 0.2) is 0 Å². The molecule has 0 aromatic rings. The number of amides is 1. The predicted molar refractivity (Wildman–Crippen MR) is 87.1 cm³/mol. The van der Waals surface area contributed by atoms with Gasteiger partial charge in [-0.1, -0.05) is 27.7 Å². The van der Waals surface area contributed by atoms with E-state index in [0.717, 1.165) is 45.4 Å². The molecule has 0 aromatic heterocycles. The van der Waals surface area contributed by atoms with Crippen LogP contribution in [-0.4, -0.2) is 43.2 Å². The molecule has 1 rings (SSSR count). The Morgan fingerprint density at radius 2 is 1.95 bits per heavy atom. The van der Waals surface area contributed by atoms with Crippen LogP contribution in [0.25, 0.3) is 0 Å². The molecule has 2 N–H and O–H groups in total. The summed E-state index contributed by atoms with van der Waals surface area (Å²) in [7, 11) is 0. The van der Waals surface area contributed by atoms with Crippen molar-refractivity contribution in [3.63, 3.8) is 0 Å². The Balaban J connectivity index is 2.25. The summed E-state index contributed by atoms with van der Waals surface area (Å²) in [4.78, 5) is 14.3. The van der Waals surface area contributed by atoms with E-state index < -0.39 is 0 Å². The number of hydrogen-bond donors (Lipinski definition) is 1. The van der Waals surface area contributed by atoms with Crippen molar-refractivity contribution >= 4 is 5.91 Å². The van der Waals surface area contributed by atoms with E-state index >= 15 is 0 Å². The lowest BCUT2D eigenvalue weighted by Crippen LogP contribution is -2.41. The molecule has 1 unspecified atom stereocenters. The van der Waals surface area contributed by atoms with Gasteiger partial charge >= 0.3 is 0 Å². The minimum Gasteiger partial charge on any atom is -0.378 e. The van der Waals surface area contributed by atoms with Gasteiger partial charge in [-0.15, -0.1) is 0 Å². The number of carbonyl (C=O) groups excluding carboxylic acids is 1. The van der Waals surface area contributed by atoms with Gasteiger partial charge in [-0.3, -0.25) is 4.79 Å². The molecule has 1 aliphatic rings. The van der Waals surface area contributed by atoms with Crippen molar-refractivity contribution in [3.8, 4) is 0 Å². The Morgan fingerprint density at radius 1 is 1.33 bits per heavy atom. The summed E-state index contributed by atoms with van der Waals surface area (Å²) in [5, 5.41) is 0. The maximum absolute atomic E-state index is 12.3. The molecule has 0 aliphatic carbocycles. The second-order valence-corrected chi connectivity index (χ2v) is 7.67. The summed E-state index contributed by atoms with van der Waals surface area (Å²) >= 11 is 0. The fourth-order valence-corrected chi connectivity index (χ4v) is 3.15. The molecule has 4 nitrogen and oxygen atoms in total. The van der Waals surface area contributed by atoms with Crippen molar-refractivity contribution in [2.24, 2.45) is 17.1 Å². The standard InChI is InChI=1S/C17H34N2O2/c1-14(13-17(2,3)4)12-16(20)19-9-6-15(7-10-19)21-11-5-8-18/h14-15H,5-13,18H2,1-4H3. The zero-order chi connectivity index (χ0) is 15.9. The molecule has 1 aliphatic heterocycles. The van der Waals surface area contributed by atoms with Crippen molar-refractivity contribution in [3.05, 3.63) is 0 Å². The Hall–Kier alpha value is -0.610. The summed E-state index contributed by atoms with van der Waals surface area (Å²) in [5.74, 6) is 0.767. The van der Waals surface area contributed by atoms with Crippen molar-refractivity contribution in [1.82, 2.24) is 4.90 Å². The van der Waals surface area contributed by atoms with E-state index in [2.05, 4.69) is 27.7 Å². The molecule has 21 heavy (non-hydrogen) atoms. The maximum atomic E-state index is 12.3. The number of rotatable bonds is 7. The van der Waals surface area contributed by atoms with E-state index in [1.165, 1.54) is 0 Å². The van der Waals surface area contributed by atoms with E-state index in [0.29, 0.717) is 36.3 Å². The lowest BCUT2D eigenvalue weighted by Gasteiger charge is -2.33. The number of nitrogens with two attached hydrogens (primary N) is 1. The highest BCUT2D eigenvalue weighted by Crippen LogP contribution is 2.26. The van der Waals surface area contributed by atoms with E-state index in [9.17, 15) is 4.79 Å². The van der Waals surface area contributed by atoms with Crippen LogP contribution in [-0.2, 0) is 9.53 Å². The van der Waals surface area contributed by atoms with Crippen LogP contribution in [0, 0.1) is 11.3 Å². The highest BCUT2D eigenvalue weighted by atomic mass is 16.5. The van der Waals surface area contributed by atoms with Gasteiger partial charge in [0.05, 0.1) is 6.10 Å². The number of carbonyl (C=O) groups is 1. The molecule has 1 heterocycles. The quantitative estimate of drug-likeness (QED) is 0.735. The average molecular weight is 298 g/mol. The zero-order valence-corrected chi connectivity index (χ0v) is 14.4. The minimum absolute atomic E-state index is 0.295. The first-order chi connectivity index (χ1) is 9.81. The first-order valence-electron chi connectivity index (χ1n) is 8.41. The number of hydrogen-bond acceptors (Lipinski definition) is 3. The largest absolute Gasteiger partial charge is 0.378 e.